The molecule has 1 aliphatic carbocycles. The molecule has 1 heterocycles. The molecule has 0 bridgehead atoms. The molecule has 0 amide bonds. The molecule has 7 heteroatoms. The summed E-state index contributed by atoms with van der Waals surface area (Å²) in [7, 11) is 1.65. The van der Waals surface area contributed by atoms with E-state index in [0.29, 0.717) is 24.8 Å². The predicted octanol–water partition coefficient (Wildman–Crippen LogP) is 4.14. The third kappa shape index (κ3) is 5.41. The molecule has 0 radical (unpaired) electrons. The highest BCUT2D eigenvalue weighted by Gasteiger charge is 2.42. The molecule has 1 aliphatic rings. The van der Waals surface area contributed by atoms with Crippen molar-refractivity contribution in [3.63, 3.8) is 0 Å². The fraction of sp³-hybridized carbons (Fsp3) is 0.688. The van der Waals surface area contributed by atoms with Gasteiger partial charge in [0.2, 0.25) is 0 Å². The summed E-state index contributed by atoms with van der Waals surface area (Å²) in [4.78, 5) is 4.14. The van der Waals surface area contributed by atoms with Gasteiger partial charge in [-0.3, -0.25) is 4.99 Å². The molecule has 130 valence electrons. The van der Waals surface area contributed by atoms with Crippen molar-refractivity contribution in [2.24, 2.45) is 10.9 Å². The van der Waals surface area contributed by atoms with Crippen LogP contribution in [0.2, 0.25) is 0 Å². The van der Waals surface area contributed by atoms with Crippen LogP contribution in [0.4, 0.5) is 13.2 Å². The van der Waals surface area contributed by atoms with Crippen molar-refractivity contribution in [1.29, 1.82) is 0 Å². The number of alkyl halides is 3. The van der Waals surface area contributed by atoms with Crippen LogP contribution >= 0.6 is 11.3 Å². The van der Waals surface area contributed by atoms with Crippen molar-refractivity contribution in [2.45, 2.75) is 50.7 Å². The Kier molecular flexibility index (Phi) is 6.33. The number of nitrogens with zero attached hydrogens (tertiary/aromatic N) is 1. The van der Waals surface area contributed by atoms with Crippen molar-refractivity contribution in [3.05, 3.63) is 22.4 Å². The van der Waals surface area contributed by atoms with E-state index >= 15 is 0 Å². The largest absolute Gasteiger partial charge is 0.391 e. The molecule has 2 rings (SSSR count). The van der Waals surface area contributed by atoms with Crippen LogP contribution in [0.3, 0.4) is 0 Å². The number of hydrogen-bond acceptors (Lipinski definition) is 2. The summed E-state index contributed by atoms with van der Waals surface area (Å²) < 4.78 is 38.6. The summed E-state index contributed by atoms with van der Waals surface area (Å²) in [5, 5.41) is 10.5. The van der Waals surface area contributed by atoms with E-state index in [1.807, 2.05) is 5.38 Å². The zero-order valence-corrected chi connectivity index (χ0v) is 14.3. The Morgan fingerprint density at radius 2 is 2.22 bits per heavy atom. The molecule has 3 atom stereocenters. The molecular weight excluding hydrogens is 323 g/mol. The first-order chi connectivity index (χ1) is 10.9. The van der Waals surface area contributed by atoms with E-state index in [1.165, 1.54) is 5.56 Å². The molecular formula is C16H24F3N3S. The second-order valence-corrected chi connectivity index (χ2v) is 6.94. The Balaban J connectivity index is 1.82. The Morgan fingerprint density at radius 1 is 1.43 bits per heavy atom. The molecule has 1 fully saturated rings. The number of halogens is 3. The topological polar surface area (TPSA) is 36.4 Å². The lowest BCUT2D eigenvalue weighted by atomic mass is 9.85. The molecule has 0 spiro atoms. The fourth-order valence-corrected chi connectivity index (χ4v) is 3.71. The standard InChI is InChI=1S/C16H24F3N3S/c1-11(12-6-7-23-10-12)9-21-15(20-2)22-14-5-3-4-13(8-14)16(17,18)19/h6-7,10-11,13-14H,3-5,8-9H2,1-2H3,(H2,20,21,22). The number of aliphatic imine (C=N–C) groups is 1. The molecule has 0 saturated heterocycles. The highest BCUT2D eigenvalue weighted by atomic mass is 32.1. The quantitative estimate of drug-likeness (QED) is 0.634. The van der Waals surface area contributed by atoms with Gasteiger partial charge in [0.1, 0.15) is 0 Å². The van der Waals surface area contributed by atoms with Crippen LogP contribution in [0.25, 0.3) is 0 Å². The molecule has 1 aromatic rings. The normalized spacial score (nSPS) is 24.3. The van der Waals surface area contributed by atoms with E-state index in [4.69, 9.17) is 0 Å². The average Bonchev–Trinajstić information content (AvgIpc) is 3.05. The third-order valence-corrected chi connectivity index (χ3v) is 5.09. The number of guanidine groups is 1. The first-order valence-corrected chi connectivity index (χ1v) is 8.90. The zero-order chi connectivity index (χ0) is 16.9. The van der Waals surface area contributed by atoms with E-state index in [0.717, 1.165) is 6.42 Å². The van der Waals surface area contributed by atoms with Gasteiger partial charge in [0, 0.05) is 19.6 Å². The average molecular weight is 347 g/mol. The van der Waals surface area contributed by atoms with Crippen molar-refractivity contribution < 1.29 is 13.2 Å². The van der Waals surface area contributed by atoms with E-state index < -0.39 is 12.1 Å². The van der Waals surface area contributed by atoms with E-state index in [2.05, 4.69) is 34.0 Å². The lowest BCUT2D eigenvalue weighted by Gasteiger charge is -2.32. The summed E-state index contributed by atoms with van der Waals surface area (Å²) >= 11 is 1.66. The first-order valence-electron chi connectivity index (χ1n) is 7.96. The lowest BCUT2D eigenvalue weighted by molar-refractivity contribution is -0.183. The molecule has 3 nitrogen and oxygen atoms in total. The van der Waals surface area contributed by atoms with Crippen molar-refractivity contribution in [1.82, 2.24) is 10.6 Å². The first kappa shape index (κ1) is 18.1. The van der Waals surface area contributed by atoms with Gasteiger partial charge in [-0.2, -0.15) is 24.5 Å². The van der Waals surface area contributed by atoms with Crippen LogP contribution in [0, 0.1) is 5.92 Å². The Bertz CT molecular complexity index is 499. The summed E-state index contributed by atoms with van der Waals surface area (Å²) in [6.07, 6.45) is -2.37. The summed E-state index contributed by atoms with van der Waals surface area (Å²) in [5.74, 6) is -0.287. The molecule has 23 heavy (non-hydrogen) atoms. The molecule has 1 saturated carbocycles. The summed E-state index contributed by atoms with van der Waals surface area (Å²) in [5.41, 5.74) is 1.26. The smallest absolute Gasteiger partial charge is 0.356 e. The van der Waals surface area contributed by atoms with E-state index in [-0.39, 0.29) is 18.9 Å². The molecule has 3 unspecified atom stereocenters. The Morgan fingerprint density at radius 3 is 2.83 bits per heavy atom. The van der Waals surface area contributed by atoms with Crippen LogP contribution in [0.5, 0.6) is 0 Å². The molecule has 1 aromatic heterocycles. The van der Waals surface area contributed by atoms with Gasteiger partial charge in [-0.1, -0.05) is 13.3 Å². The van der Waals surface area contributed by atoms with Gasteiger partial charge in [0.25, 0.3) is 0 Å². The maximum absolute atomic E-state index is 12.9. The minimum absolute atomic E-state index is 0.129. The van der Waals surface area contributed by atoms with Crippen LogP contribution in [-0.2, 0) is 0 Å². The highest BCUT2D eigenvalue weighted by Crippen LogP contribution is 2.37. The maximum Gasteiger partial charge on any atom is 0.391 e. The van der Waals surface area contributed by atoms with Crippen molar-refractivity contribution in [2.75, 3.05) is 13.6 Å². The van der Waals surface area contributed by atoms with Gasteiger partial charge >= 0.3 is 6.18 Å². The van der Waals surface area contributed by atoms with Crippen LogP contribution in [0.1, 0.15) is 44.1 Å². The van der Waals surface area contributed by atoms with Gasteiger partial charge in [0.05, 0.1) is 5.92 Å². The molecule has 0 aliphatic heterocycles. The maximum atomic E-state index is 12.9. The van der Waals surface area contributed by atoms with Gasteiger partial charge in [-0.25, -0.2) is 0 Å². The Hall–Kier alpha value is -1.24. The van der Waals surface area contributed by atoms with Crippen LogP contribution < -0.4 is 10.6 Å². The number of rotatable bonds is 4. The number of thiophene rings is 1. The zero-order valence-electron chi connectivity index (χ0n) is 13.5. The number of hydrogen-bond donors (Lipinski definition) is 2. The van der Waals surface area contributed by atoms with Gasteiger partial charge in [-0.05, 0) is 47.6 Å². The molecule has 2 N–H and O–H groups in total. The van der Waals surface area contributed by atoms with Crippen LogP contribution in [0.15, 0.2) is 21.8 Å². The van der Waals surface area contributed by atoms with E-state index in [1.54, 1.807) is 18.4 Å². The highest BCUT2D eigenvalue weighted by molar-refractivity contribution is 7.07. The second kappa shape index (κ2) is 8.04. The predicted molar refractivity (Wildman–Crippen MR) is 89.0 cm³/mol. The lowest BCUT2D eigenvalue weighted by Crippen LogP contribution is -2.47. The fourth-order valence-electron chi connectivity index (χ4n) is 2.93. The summed E-state index contributed by atoms with van der Waals surface area (Å²) in [6.45, 7) is 2.81. The van der Waals surface area contributed by atoms with Crippen molar-refractivity contribution in [3.8, 4) is 0 Å². The van der Waals surface area contributed by atoms with Crippen molar-refractivity contribution >= 4 is 17.3 Å². The minimum Gasteiger partial charge on any atom is -0.356 e. The van der Waals surface area contributed by atoms with Gasteiger partial charge in [-0.15, -0.1) is 0 Å². The Labute approximate surface area is 139 Å². The second-order valence-electron chi connectivity index (χ2n) is 6.16. The number of nitrogens with one attached hydrogen (secondary N) is 2. The SMILES string of the molecule is CN=C(NCC(C)c1ccsc1)NC1CCCC(C(F)(F)F)C1. The van der Waals surface area contributed by atoms with Gasteiger partial charge < -0.3 is 10.6 Å². The van der Waals surface area contributed by atoms with Gasteiger partial charge in [0.15, 0.2) is 5.96 Å². The third-order valence-electron chi connectivity index (χ3n) is 4.39. The molecule has 0 aromatic carbocycles. The summed E-state index contributed by atoms with van der Waals surface area (Å²) in [6, 6.07) is 1.92. The monoisotopic (exact) mass is 347 g/mol. The van der Waals surface area contributed by atoms with E-state index in [9.17, 15) is 13.2 Å². The van der Waals surface area contributed by atoms with Crippen LogP contribution in [-0.4, -0.2) is 31.8 Å². The minimum atomic E-state index is -4.09.